The van der Waals surface area contributed by atoms with Gasteiger partial charge < -0.3 is 85.0 Å². The molecule has 0 aliphatic heterocycles. The Morgan fingerprint density at radius 2 is 0.937 bits per heavy atom. The fourth-order valence-corrected chi connectivity index (χ4v) is 5.53. The molecule has 1 atom stereocenters. The van der Waals surface area contributed by atoms with E-state index in [9.17, 15) is 9.59 Å². The van der Waals surface area contributed by atoms with Crippen molar-refractivity contribution in [1.82, 2.24) is 20.9 Å². The minimum atomic E-state index is -0.0692. The van der Waals surface area contributed by atoms with Gasteiger partial charge in [0.1, 0.15) is 0 Å². The Bertz CT molecular complexity index is 1220. The third-order valence-corrected chi connectivity index (χ3v) is 9.11. The number of nitrogens with zero attached hydrogens (tertiary/aromatic N) is 1. The first-order chi connectivity index (χ1) is 30.9. The van der Waals surface area contributed by atoms with E-state index in [0.717, 1.165) is 18.7 Å². The lowest BCUT2D eigenvalue weighted by molar-refractivity contribution is -0.123. The molecule has 366 valence electrons. The molecule has 1 aromatic carbocycles. The smallest absolute Gasteiger partial charge is 0.222 e. The van der Waals surface area contributed by atoms with E-state index in [2.05, 4.69) is 45.2 Å². The van der Waals surface area contributed by atoms with Gasteiger partial charge in [0.15, 0.2) is 5.11 Å². The minimum absolute atomic E-state index is 0.0663. The Morgan fingerprint density at radius 1 is 0.556 bits per heavy atom. The molecule has 20 heteroatoms. The van der Waals surface area contributed by atoms with Gasteiger partial charge in [-0.3, -0.25) is 9.59 Å². The van der Waals surface area contributed by atoms with E-state index in [0.29, 0.717) is 189 Å². The highest BCUT2D eigenvalue weighted by Crippen LogP contribution is 2.13. The van der Waals surface area contributed by atoms with Crippen molar-refractivity contribution in [3.05, 3.63) is 29.8 Å². The molecule has 0 fully saturated rings. The largest absolute Gasteiger partial charge is 0.379 e. The molecule has 1 rings (SSSR count). The molecule has 0 saturated carbocycles. The number of ether oxygens (including phenoxy) is 10. The molecule has 8 N–H and O–H groups in total. The number of nitrogens with one attached hydrogen (secondary N) is 4. The molecule has 0 bridgehead atoms. The molecule has 0 spiro atoms. The summed E-state index contributed by atoms with van der Waals surface area (Å²) in [5.41, 5.74) is 13.3. The molecule has 0 heterocycles. The lowest BCUT2D eigenvalue weighted by Crippen LogP contribution is -2.39. The van der Waals surface area contributed by atoms with Gasteiger partial charge in [0, 0.05) is 57.8 Å². The maximum atomic E-state index is 12.2. The van der Waals surface area contributed by atoms with Crippen LogP contribution in [0.2, 0.25) is 0 Å². The fraction of sp³-hybridized carbons (Fsp3) is 0.791. The highest BCUT2D eigenvalue weighted by Gasteiger charge is 2.07. The zero-order valence-corrected chi connectivity index (χ0v) is 39.0. The Hall–Kier alpha value is -2.67. The van der Waals surface area contributed by atoms with E-state index >= 15 is 0 Å². The highest BCUT2D eigenvalue weighted by molar-refractivity contribution is 7.80. The predicted molar refractivity (Wildman–Crippen MR) is 247 cm³/mol. The van der Waals surface area contributed by atoms with Crippen LogP contribution < -0.4 is 32.7 Å². The molecule has 0 aliphatic rings. The van der Waals surface area contributed by atoms with Crippen LogP contribution in [0.5, 0.6) is 0 Å². The van der Waals surface area contributed by atoms with Crippen LogP contribution in [0.1, 0.15) is 32.3 Å². The number of nitrogens with two attached hydrogens (primary N) is 2. The van der Waals surface area contributed by atoms with Gasteiger partial charge in [0.2, 0.25) is 11.8 Å². The standard InChI is InChI=1S/C43H81N7O12S/c1-3-50(14-11-46-41(51)8-16-53-20-24-57-28-32-61-34-30-59-26-22-55-18-10-44)15-12-47-42(52)9-17-54-21-25-58-29-33-62-35-31-60-27-23-56-19-13-48-43(63)49-40-6-4-39(5-7-40)36-38(2)37-45/h4-7,38H,3,8-37,44-45H2,1-2H3,(H,46,51)(H,47,52)(H2,48,49,63). The molecule has 19 nitrogen and oxygen atoms in total. The van der Waals surface area contributed by atoms with Gasteiger partial charge in [-0.25, -0.2) is 0 Å². The van der Waals surface area contributed by atoms with Crippen LogP contribution in [-0.2, 0) is 63.4 Å². The van der Waals surface area contributed by atoms with Gasteiger partial charge in [-0.2, -0.15) is 0 Å². The second kappa shape index (κ2) is 44.5. The highest BCUT2D eigenvalue weighted by atomic mass is 32.1. The maximum Gasteiger partial charge on any atom is 0.222 e. The molecule has 1 unspecified atom stereocenters. The monoisotopic (exact) mass is 920 g/mol. The number of carbonyl (C=O) groups excluding carboxylic acids is 2. The van der Waals surface area contributed by atoms with Crippen molar-refractivity contribution in [3.63, 3.8) is 0 Å². The summed E-state index contributed by atoms with van der Waals surface area (Å²) >= 11 is 5.36. The van der Waals surface area contributed by atoms with Gasteiger partial charge in [-0.15, -0.1) is 0 Å². The number of amides is 2. The minimum Gasteiger partial charge on any atom is -0.379 e. The van der Waals surface area contributed by atoms with Crippen molar-refractivity contribution in [2.45, 2.75) is 33.1 Å². The van der Waals surface area contributed by atoms with Crippen molar-refractivity contribution >= 4 is 34.8 Å². The van der Waals surface area contributed by atoms with E-state index in [1.54, 1.807) is 0 Å². The van der Waals surface area contributed by atoms with Crippen molar-refractivity contribution in [2.75, 3.05) is 190 Å². The van der Waals surface area contributed by atoms with Crippen LogP contribution >= 0.6 is 12.2 Å². The number of hydrogen-bond acceptors (Lipinski definition) is 16. The number of likely N-dealkylation sites (N-methyl/N-ethyl adjacent to an activating group) is 1. The van der Waals surface area contributed by atoms with Crippen LogP contribution in [0.25, 0.3) is 0 Å². The van der Waals surface area contributed by atoms with Crippen LogP contribution in [-0.4, -0.2) is 206 Å². The number of rotatable bonds is 46. The van der Waals surface area contributed by atoms with Gasteiger partial charge in [-0.1, -0.05) is 26.0 Å². The average molecular weight is 920 g/mol. The summed E-state index contributed by atoms with van der Waals surface area (Å²) in [6, 6.07) is 8.21. The van der Waals surface area contributed by atoms with Crippen LogP contribution in [0.15, 0.2) is 24.3 Å². The topological polar surface area (TPSA) is 230 Å². The molecule has 0 aromatic heterocycles. The lowest BCUT2D eigenvalue weighted by Gasteiger charge is -2.20. The normalized spacial score (nSPS) is 11.8. The first-order valence-corrected chi connectivity index (χ1v) is 22.9. The zero-order valence-electron chi connectivity index (χ0n) is 38.2. The van der Waals surface area contributed by atoms with Gasteiger partial charge in [0.25, 0.3) is 0 Å². The summed E-state index contributed by atoms with van der Waals surface area (Å²) < 4.78 is 54.7. The predicted octanol–water partition coefficient (Wildman–Crippen LogP) is 0.569. The molecule has 0 saturated heterocycles. The van der Waals surface area contributed by atoms with E-state index in [1.165, 1.54) is 5.56 Å². The van der Waals surface area contributed by atoms with Crippen molar-refractivity contribution in [2.24, 2.45) is 17.4 Å². The first-order valence-electron chi connectivity index (χ1n) is 22.4. The van der Waals surface area contributed by atoms with E-state index in [-0.39, 0.29) is 24.7 Å². The van der Waals surface area contributed by atoms with Crippen molar-refractivity contribution in [3.8, 4) is 0 Å². The van der Waals surface area contributed by atoms with E-state index in [1.807, 2.05) is 19.1 Å². The Morgan fingerprint density at radius 3 is 1.32 bits per heavy atom. The lowest BCUT2D eigenvalue weighted by atomic mass is 10.0. The number of hydrogen-bond donors (Lipinski definition) is 6. The molecule has 0 radical (unpaired) electrons. The Balaban J connectivity index is 1.82. The second-order valence-electron chi connectivity index (χ2n) is 14.2. The molecular weight excluding hydrogens is 839 g/mol. The van der Waals surface area contributed by atoms with Gasteiger partial charge >= 0.3 is 0 Å². The fourth-order valence-electron chi connectivity index (χ4n) is 5.31. The second-order valence-corrected chi connectivity index (χ2v) is 14.6. The van der Waals surface area contributed by atoms with E-state index in [4.69, 9.17) is 71.1 Å². The molecule has 63 heavy (non-hydrogen) atoms. The summed E-state index contributed by atoms with van der Waals surface area (Å²) in [4.78, 5) is 26.5. The van der Waals surface area contributed by atoms with Crippen LogP contribution in [0.3, 0.4) is 0 Å². The molecule has 0 aliphatic carbocycles. The SMILES string of the molecule is CCN(CCNC(=O)CCOCCOCCOCCOCCOCCN)CCNC(=O)CCOCCOCCOCCOCCOCCNC(=S)Nc1ccc(CC(C)CN)cc1. The summed E-state index contributed by atoms with van der Waals surface area (Å²) in [5.74, 6) is 0.323. The van der Waals surface area contributed by atoms with Gasteiger partial charge in [0.05, 0.1) is 132 Å². The van der Waals surface area contributed by atoms with Crippen molar-refractivity contribution in [1.29, 1.82) is 0 Å². The summed E-state index contributed by atoms with van der Waals surface area (Å²) in [6.45, 7) is 18.3. The molecule has 2 amide bonds. The molecule has 1 aromatic rings. The number of carbonyl (C=O) groups is 2. The molecular formula is C43H81N7O12S. The third kappa shape index (κ3) is 39.4. The Kier molecular flexibility index (Phi) is 41.2. The number of benzene rings is 1. The number of thiocarbonyl (C=S) groups is 1. The zero-order chi connectivity index (χ0) is 45.7. The summed E-state index contributed by atoms with van der Waals surface area (Å²) in [5, 5.41) is 12.7. The number of anilines is 1. The quantitative estimate of drug-likeness (QED) is 0.0388. The summed E-state index contributed by atoms with van der Waals surface area (Å²) in [6.07, 6.45) is 1.52. The Labute approximate surface area is 381 Å². The van der Waals surface area contributed by atoms with Crippen LogP contribution in [0, 0.1) is 5.92 Å². The first kappa shape index (κ1) is 58.3. The van der Waals surface area contributed by atoms with E-state index < -0.39 is 0 Å². The van der Waals surface area contributed by atoms with Crippen molar-refractivity contribution < 1.29 is 57.0 Å². The summed E-state index contributed by atoms with van der Waals surface area (Å²) in [7, 11) is 0. The third-order valence-electron chi connectivity index (χ3n) is 8.86. The van der Waals surface area contributed by atoms with Crippen LogP contribution in [0.4, 0.5) is 5.69 Å². The average Bonchev–Trinajstić information content (AvgIpc) is 3.28. The van der Waals surface area contributed by atoms with Gasteiger partial charge in [-0.05, 0) is 55.3 Å². The maximum absolute atomic E-state index is 12.2.